The second kappa shape index (κ2) is 11.3. The number of nitrogens with zero attached hydrogens (tertiary/aromatic N) is 6. The fraction of sp³-hybridized carbons (Fsp3) is 0.615. The molecule has 0 unspecified atom stereocenters. The van der Waals surface area contributed by atoms with Gasteiger partial charge >= 0.3 is 0 Å². The second-order valence-corrected chi connectivity index (χ2v) is 11.7. The molecule has 1 aromatic carbocycles. The molecule has 0 N–H and O–H groups in total. The molecule has 0 saturated carbocycles. The van der Waals surface area contributed by atoms with E-state index in [0.717, 1.165) is 38.2 Å². The fourth-order valence-electron chi connectivity index (χ4n) is 5.00. The zero-order chi connectivity index (χ0) is 25.9. The second-order valence-electron chi connectivity index (χ2n) is 9.80. The first kappa shape index (κ1) is 26.6. The summed E-state index contributed by atoms with van der Waals surface area (Å²) in [5.41, 5.74) is 3.78. The molecule has 198 valence electrons. The van der Waals surface area contributed by atoms with Crippen LogP contribution in [0.25, 0.3) is 0 Å². The van der Waals surface area contributed by atoms with Gasteiger partial charge in [0.25, 0.3) is 15.9 Å². The average Bonchev–Trinajstić information content (AvgIpc) is 3.35. The number of piperazine rings is 2. The van der Waals surface area contributed by atoms with Gasteiger partial charge in [-0.2, -0.15) is 9.40 Å². The molecule has 2 aliphatic rings. The number of aromatic nitrogens is 2. The van der Waals surface area contributed by atoms with Gasteiger partial charge in [-0.1, -0.05) is 25.5 Å². The summed E-state index contributed by atoms with van der Waals surface area (Å²) >= 11 is 0. The third-order valence-electron chi connectivity index (χ3n) is 7.51. The van der Waals surface area contributed by atoms with E-state index in [1.807, 2.05) is 13.0 Å². The zero-order valence-electron chi connectivity index (χ0n) is 22.1. The van der Waals surface area contributed by atoms with E-state index >= 15 is 0 Å². The van der Waals surface area contributed by atoms with Crippen LogP contribution in [-0.2, 0) is 16.6 Å². The molecule has 1 amide bonds. The zero-order valence-corrected chi connectivity index (χ0v) is 22.9. The fourth-order valence-corrected chi connectivity index (χ4v) is 6.51. The van der Waals surface area contributed by atoms with Crippen molar-refractivity contribution in [1.29, 1.82) is 0 Å². The first-order valence-electron chi connectivity index (χ1n) is 13.2. The molecule has 4 rings (SSSR count). The van der Waals surface area contributed by atoms with Gasteiger partial charge in [0.2, 0.25) is 5.03 Å². The molecule has 2 fully saturated rings. The van der Waals surface area contributed by atoms with Crippen LogP contribution in [0.2, 0.25) is 0 Å². The SMILES string of the molecule is CCCCN1CCN(C(=O)c2cn(CC)nc2S(=O)(=O)N2CCN(c3cccc(C)c3C)CC2)CC1. The van der Waals surface area contributed by atoms with Gasteiger partial charge in [-0.3, -0.25) is 14.4 Å². The van der Waals surface area contributed by atoms with Crippen LogP contribution in [0.1, 0.15) is 48.2 Å². The molecule has 1 aromatic heterocycles. The van der Waals surface area contributed by atoms with E-state index in [4.69, 9.17) is 0 Å². The Kier molecular flexibility index (Phi) is 8.37. The minimum Gasteiger partial charge on any atom is -0.369 e. The number of hydrogen-bond donors (Lipinski definition) is 0. The van der Waals surface area contributed by atoms with E-state index in [0.29, 0.717) is 45.8 Å². The molecule has 2 aliphatic heterocycles. The highest BCUT2D eigenvalue weighted by Crippen LogP contribution is 2.27. The topological polar surface area (TPSA) is 82.0 Å². The van der Waals surface area contributed by atoms with Gasteiger partial charge < -0.3 is 9.80 Å². The van der Waals surface area contributed by atoms with Gasteiger partial charge in [0.05, 0.1) is 5.56 Å². The van der Waals surface area contributed by atoms with Crippen molar-refractivity contribution in [3.8, 4) is 0 Å². The van der Waals surface area contributed by atoms with Crippen molar-refractivity contribution in [3.63, 3.8) is 0 Å². The maximum atomic E-state index is 13.7. The lowest BCUT2D eigenvalue weighted by atomic mass is 10.1. The summed E-state index contributed by atoms with van der Waals surface area (Å²) in [6, 6.07) is 6.22. The molecular weight excluding hydrogens is 476 g/mol. The predicted molar refractivity (Wildman–Crippen MR) is 142 cm³/mol. The van der Waals surface area contributed by atoms with E-state index < -0.39 is 10.0 Å². The van der Waals surface area contributed by atoms with Crippen molar-refractivity contribution in [2.75, 3.05) is 63.8 Å². The van der Waals surface area contributed by atoms with Gasteiger partial charge in [-0.25, -0.2) is 8.42 Å². The van der Waals surface area contributed by atoms with Crippen LogP contribution in [0.5, 0.6) is 0 Å². The monoisotopic (exact) mass is 516 g/mol. The quantitative estimate of drug-likeness (QED) is 0.537. The lowest BCUT2D eigenvalue weighted by Crippen LogP contribution is -2.50. The predicted octanol–water partition coefficient (Wildman–Crippen LogP) is 2.59. The highest BCUT2D eigenvalue weighted by molar-refractivity contribution is 7.89. The maximum Gasteiger partial charge on any atom is 0.263 e. The van der Waals surface area contributed by atoms with Gasteiger partial charge in [0.1, 0.15) is 0 Å². The maximum absolute atomic E-state index is 13.7. The Morgan fingerprint density at radius 1 is 0.972 bits per heavy atom. The van der Waals surface area contributed by atoms with Gasteiger partial charge in [-0.05, 0) is 50.9 Å². The van der Waals surface area contributed by atoms with E-state index in [-0.39, 0.29) is 16.5 Å². The third kappa shape index (κ3) is 5.45. The normalized spacial score (nSPS) is 18.1. The highest BCUT2D eigenvalue weighted by Gasteiger charge is 2.36. The molecular formula is C26H40N6O3S. The first-order valence-corrected chi connectivity index (χ1v) is 14.6. The number of anilines is 1. The molecule has 36 heavy (non-hydrogen) atoms. The Morgan fingerprint density at radius 3 is 2.31 bits per heavy atom. The van der Waals surface area contributed by atoms with Gasteiger partial charge in [0.15, 0.2) is 0 Å². The molecule has 0 atom stereocenters. The number of sulfonamides is 1. The van der Waals surface area contributed by atoms with Crippen LogP contribution in [0.3, 0.4) is 0 Å². The van der Waals surface area contributed by atoms with Crippen molar-refractivity contribution in [2.24, 2.45) is 0 Å². The summed E-state index contributed by atoms with van der Waals surface area (Å²) in [6.07, 6.45) is 3.90. The first-order chi connectivity index (χ1) is 17.3. The van der Waals surface area contributed by atoms with Crippen molar-refractivity contribution in [3.05, 3.63) is 41.1 Å². The Labute approximate surface area is 215 Å². The number of benzene rings is 1. The number of rotatable bonds is 8. The summed E-state index contributed by atoms with van der Waals surface area (Å²) in [5, 5.41) is 4.26. The van der Waals surface area contributed by atoms with Crippen molar-refractivity contribution < 1.29 is 13.2 Å². The van der Waals surface area contributed by atoms with Crippen LogP contribution in [0.4, 0.5) is 5.69 Å². The highest BCUT2D eigenvalue weighted by atomic mass is 32.2. The number of carbonyl (C=O) groups is 1. The van der Waals surface area contributed by atoms with E-state index in [9.17, 15) is 13.2 Å². The summed E-state index contributed by atoms with van der Waals surface area (Å²) in [6.45, 7) is 14.6. The number of carbonyl (C=O) groups excluding carboxylic acids is 1. The smallest absolute Gasteiger partial charge is 0.263 e. The molecule has 2 saturated heterocycles. The van der Waals surface area contributed by atoms with Crippen LogP contribution in [0.15, 0.2) is 29.4 Å². The van der Waals surface area contributed by atoms with Gasteiger partial charge in [0, 0.05) is 70.8 Å². The van der Waals surface area contributed by atoms with Crippen molar-refractivity contribution in [1.82, 2.24) is 23.9 Å². The molecule has 0 aliphatic carbocycles. The lowest BCUT2D eigenvalue weighted by molar-refractivity contribution is 0.0631. The average molecular weight is 517 g/mol. The summed E-state index contributed by atoms with van der Waals surface area (Å²) in [4.78, 5) is 19.9. The lowest BCUT2D eigenvalue weighted by Gasteiger charge is -2.36. The molecule has 0 radical (unpaired) electrons. The molecule has 2 aromatic rings. The van der Waals surface area contributed by atoms with E-state index in [1.165, 1.54) is 15.4 Å². The van der Waals surface area contributed by atoms with Crippen LogP contribution >= 0.6 is 0 Å². The molecule has 0 bridgehead atoms. The Hall–Kier alpha value is -2.43. The number of unbranched alkanes of at least 4 members (excludes halogenated alkanes) is 1. The van der Waals surface area contributed by atoms with Crippen molar-refractivity contribution in [2.45, 2.75) is 52.1 Å². The van der Waals surface area contributed by atoms with E-state index in [1.54, 1.807) is 15.8 Å². The molecule has 3 heterocycles. The molecule has 9 nitrogen and oxygen atoms in total. The standard InChI is InChI=1S/C26H40N6O3S/c1-5-7-11-28-12-14-30(15-13-28)26(33)23-20-31(6-2)27-25(23)36(34,35)32-18-16-29(17-19-32)24-10-8-9-21(3)22(24)4/h8-10,20H,5-7,11-19H2,1-4H3. The third-order valence-corrected chi connectivity index (χ3v) is 9.34. The molecule has 0 spiro atoms. The number of hydrogen-bond acceptors (Lipinski definition) is 6. The van der Waals surface area contributed by atoms with Crippen LogP contribution in [-0.4, -0.2) is 97.1 Å². The van der Waals surface area contributed by atoms with Crippen LogP contribution in [0, 0.1) is 13.8 Å². The number of amides is 1. The largest absolute Gasteiger partial charge is 0.369 e. The van der Waals surface area contributed by atoms with Crippen LogP contribution < -0.4 is 4.90 Å². The summed E-state index contributed by atoms with van der Waals surface area (Å²) in [7, 11) is -3.90. The summed E-state index contributed by atoms with van der Waals surface area (Å²) < 4.78 is 30.5. The Morgan fingerprint density at radius 2 is 1.67 bits per heavy atom. The summed E-state index contributed by atoms with van der Waals surface area (Å²) in [5.74, 6) is -0.238. The molecule has 10 heteroatoms. The number of aryl methyl sites for hydroxylation is 2. The van der Waals surface area contributed by atoms with Crippen molar-refractivity contribution >= 4 is 21.6 Å². The minimum atomic E-state index is -3.90. The Bertz CT molecular complexity index is 1160. The van der Waals surface area contributed by atoms with Gasteiger partial charge in [-0.15, -0.1) is 0 Å². The minimum absolute atomic E-state index is 0.108. The van der Waals surface area contributed by atoms with E-state index in [2.05, 4.69) is 47.8 Å². The Balaban J connectivity index is 1.49.